The molecule has 0 radical (unpaired) electrons. The van der Waals surface area contributed by atoms with E-state index in [1.54, 1.807) is 13.8 Å². The van der Waals surface area contributed by atoms with Gasteiger partial charge in [0.15, 0.2) is 0 Å². The van der Waals surface area contributed by atoms with Gasteiger partial charge in [-0.25, -0.2) is 9.78 Å². The average Bonchev–Trinajstić information content (AvgIpc) is 2.17. The topological polar surface area (TPSA) is 51.5 Å². The van der Waals surface area contributed by atoms with Gasteiger partial charge in [0.1, 0.15) is 10.2 Å². The maximum absolute atomic E-state index is 11.8. The van der Waals surface area contributed by atoms with E-state index in [0.717, 1.165) is 5.01 Å². The van der Waals surface area contributed by atoms with Crippen molar-refractivity contribution in [2.75, 3.05) is 13.2 Å². The van der Waals surface area contributed by atoms with Crippen LogP contribution in [0.1, 0.15) is 34.9 Å². The summed E-state index contributed by atoms with van der Waals surface area (Å²) >= 11 is 1.42. The van der Waals surface area contributed by atoms with Crippen LogP contribution in [0.2, 0.25) is 0 Å². The third kappa shape index (κ3) is 2.88. The van der Waals surface area contributed by atoms with Crippen molar-refractivity contribution in [1.82, 2.24) is 4.98 Å². The molecule has 0 atom stereocenters. The Morgan fingerprint density at radius 2 is 2.12 bits per heavy atom. The van der Waals surface area contributed by atoms with Gasteiger partial charge in [-0.3, -0.25) is 4.99 Å². The van der Waals surface area contributed by atoms with Crippen molar-refractivity contribution in [3.05, 3.63) is 20.9 Å². The van der Waals surface area contributed by atoms with Gasteiger partial charge in [0.2, 0.25) is 0 Å². The second-order valence-electron chi connectivity index (χ2n) is 3.19. The highest BCUT2D eigenvalue weighted by Crippen LogP contribution is 2.07. The van der Waals surface area contributed by atoms with Crippen molar-refractivity contribution in [2.45, 2.75) is 27.7 Å². The van der Waals surface area contributed by atoms with Gasteiger partial charge in [-0.2, -0.15) is 0 Å². The summed E-state index contributed by atoms with van der Waals surface area (Å²) in [4.78, 5) is 20.3. The Kier molecular flexibility index (Phi) is 4.61. The summed E-state index contributed by atoms with van der Waals surface area (Å²) in [7, 11) is 0. The number of rotatable bonds is 3. The summed E-state index contributed by atoms with van der Waals surface area (Å²) < 4.78 is 5.72. The van der Waals surface area contributed by atoms with Gasteiger partial charge in [-0.1, -0.05) is 0 Å². The maximum Gasteiger partial charge on any atom is 0.343 e. The van der Waals surface area contributed by atoms with Crippen molar-refractivity contribution in [3.63, 3.8) is 0 Å². The SMILES string of the molecule is CCN=c1sc(C)nc(C)c1C(=O)OCC. The Hall–Kier alpha value is -1.23. The number of aromatic nitrogens is 1. The number of carbonyl (C=O) groups excluding carboxylic acids is 1. The molecule has 1 rings (SSSR count). The molecule has 4 nitrogen and oxygen atoms in total. The van der Waals surface area contributed by atoms with Crippen LogP contribution < -0.4 is 4.67 Å². The molecule has 0 spiro atoms. The minimum Gasteiger partial charge on any atom is -0.462 e. The third-order valence-corrected chi connectivity index (χ3v) is 2.84. The zero-order chi connectivity index (χ0) is 12.1. The van der Waals surface area contributed by atoms with E-state index < -0.39 is 0 Å². The normalized spacial score (nSPS) is 11.6. The Labute approximate surface area is 99.0 Å². The summed E-state index contributed by atoms with van der Waals surface area (Å²) in [6.07, 6.45) is 0. The van der Waals surface area contributed by atoms with E-state index >= 15 is 0 Å². The molecule has 1 heterocycles. The van der Waals surface area contributed by atoms with Gasteiger partial charge in [-0.05, 0) is 27.7 Å². The number of hydrogen-bond acceptors (Lipinski definition) is 5. The number of hydrogen-bond donors (Lipinski definition) is 0. The molecule has 0 saturated heterocycles. The quantitative estimate of drug-likeness (QED) is 0.758. The highest BCUT2D eigenvalue weighted by Gasteiger charge is 2.15. The summed E-state index contributed by atoms with van der Waals surface area (Å²) in [6, 6.07) is 0. The molecule has 0 aliphatic rings. The van der Waals surface area contributed by atoms with Crippen LogP contribution in [0.5, 0.6) is 0 Å². The van der Waals surface area contributed by atoms with Gasteiger partial charge >= 0.3 is 5.97 Å². The highest BCUT2D eigenvalue weighted by molar-refractivity contribution is 7.09. The fourth-order valence-corrected chi connectivity index (χ4v) is 2.34. The zero-order valence-electron chi connectivity index (χ0n) is 10.0. The van der Waals surface area contributed by atoms with Crippen molar-refractivity contribution in [2.24, 2.45) is 4.99 Å². The molecule has 0 aromatic carbocycles. The lowest BCUT2D eigenvalue weighted by Gasteiger charge is -2.05. The lowest BCUT2D eigenvalue weighted by Crippen LogP contribution is -2.20. The van der Waals surface area contributed by atoms with Crippen LogP contribution in [0, 0.1) is 13.8 Å². The van der Waals surface area contributed by atoms with E-state index in [0.29, 0.717) is 29.1 Å². The fourth-order valence-electron chi connectivity index (χ4n) is 1.35. The second kappa shape index (κ2) is 5.75. The van der Waals surface area contributed by atoms with Crippen LogP contribution >= 0.6 is 11.3 Å². The molecule has 0 fully saturated rings. The summed E-state index contributed by atoms with van der Waals surface area (Å²) in [5.74, 6) is -0.337. The first-order valence-electron chi connectivity index (χ1n) is 5.26. The maximum atomic E-state index is 11.8. The van der Waals surface area contributed by atoms with Gasteiger partial charge < -0.3 is 4.74 Å². The van der Waals surface area contributed by atoms with E-state index in [1.165, 1.54) is 11.3 Å². The number of aryl methyl sites for hydroxylation is 2. The molecule has 0 bridgehead atoms. The monoisotopic (exact) mass is 240 g/mol. The van der Waals surface area contributed by atoms with Crippen molar-refractivity contribution in [3.8, 4) is 0 Å². The molecule has 0 saturated carbocycles. The molecule has 0 N–H and O–H groups in total. The number of ether oxygens (including phenoxy) is 1. The van der Waals surface area contributed by atoms with Crippen molar-refractivity contribution >= 4 is 17.3 Å². The minimum atomic E-state index is -0.337. The van der Waals surface area contributed by atoms with Crippen LogP contribution in [0.3, 0.4) is 0 Å². The molecule has 0 aliphatic heterocycles. The second-order valence-corrected chi connectivity index (χ2v) is 4.37. The Morgan fingerprint density at radius 1 is 1.44 bits per heavy atom. The van der Waals surface area contributed by atoms with Gasteiger partial charge in [0.25, 0.3) is 0 Å². The van der Waals surface area contributed by atoms with E-state index in [1.807, 2.05) is 13.8 Å². The van der Waals surface area contributed by atoms with E-state index in [9.17, 15) is 4.79 Å². The molecule has 16 heavy (non-hydrogen) atoms. The predicted octanol–water partition coefficient (Wildman–Crippen LogP) is 1.86. The first-order chi connectivity index (χ1) is 7.60. The molecular weight excluding hydrogens is 224 g/mol. The Bertz CT molecular complexity index is 452. The van der Waals surface area contributed by atoms with Gasteiger partial charge in [-0.15, -0.1) is 11.3 Å². The molecule has 0 unspecified atom stereocenters. The van der Waals surface area contributed by atoms with E-state index in [4.69, 9.17) is 4.74 Å². The third-order valence-electron chi connectivity index (χ3n) is 1.93. The Balaban J connectivity index is 3.35. The van der Waals surface area contributed by atoms with E-state index in [-0.39, 0.29) is 5.97 Å². The standard InChI is InChI=1S/C11H16N2O2S/c1-5-12-10-9(11(14)15-6-2)7(3)13-8(4)16-10/h5-6H2,1-4H3. The van der Waals surface area contributed by atoms with Crippen LogP contribution in [0.15, 0.2) is 4.99 Å². The van der Waals surface area contributed by atoms with Crippen LogP contribution in [0.25, 0.3) is 0 Å². The summed E-state index contributed by atoms with van der Waals surface area (Å²) in [6.45, 7) is 8.44. The largest absolute Gasteiger partial charge is 0.462 e. The minimum absolute atomic E-state index is 0.337. The molecule has 1 aromatic heterocycles. The smallest absolute Gasteiger partial charge is 0.343 e. The number of carbonyl (C=O) groups is 1. The number of esters is 1. The average molecular weight is 240 g/mol. The molecule has 0 aliphatic carbocycles. The lowest BCUT2D eigenvalue weighted by atomic mass is 10.2. The van der Waals surface area contributed by atoms with Crippen LogP contribution in [-0.4, -0.2) is 24.1 Å². The molecular formula is C11H16N2O2S. The van der Waals surface area contributed by atoms with Gasteiger partial charge in [0, 0.05) is 6.54 Å². The fraction of sp³-hybridized carbons (Fsp3) is 0.545. The first-order valence-corrected chi connectivity index (χ1v) is 6.07. The van der Waals surface area contributed by atoms with Crippen LogP contribution in [0.4, 0.5) is 0 Å². The summed E-state index contributed by atoms with van der Waals surface area (Å²) in [5.41, 5.74) is 1.18. The molecule has 1 aromatic rings. The number of nitrogens with zero attached hydrogens (tertiary/aromatic N) is 2. The molecule has 88 valence electrons. The molecule has 5 heteroatoms. The van der Waals surface area contributed by atoms with Crippen molar-refractivity contribution < 1.29 is 9.53 Å². The highest BCUT2D eigenvalue weighted by atomic mass is 32.1. The summed E-state index contributed by atoms with van der Waals surface area (Å²) in [5, 5.41) is 0.901. The van der Waals surface area contributed by atoms with Crippen molar-refractivity contribution in [1.29, 1.82) is 0 Å². The van der Waals surface area contributed by atoms with Crippen LogP contribution in [-0.2, 0) is 4.74 Å². The Morgan fingerprint density at radius 3 is 2.69 bits per heavy atom. The first kappa shape index (κ1) is 12.8. The molecule has 0 amide bonds. The lowest BCUT2D eigenvalue weighted by molar-refractivity contribution is 0.0523. The zero-order valence-corrected chi connectivity index (χ0v) is 10.8. The van der Waals surface area contributed by atoms with Gasteiger partial charge in [0.05, 0.1) is 17.3 Å². The van der Waals surface area contributed by atoms with E-state index in [2.05, 4.69) is 9.98 Å². The predicted molar refractivity (Wildman–Crippen MR) is 63.6 cm³/mol.